The maximum Gasteiger partial charge on any atom is 0.322 e. The van der Waals surface area contributed by atoms with Crippen LogP contribution in [0.4, 0.5) is 28.0 Å². The molecule has 1 aliphatic rings. The van der Waals surface area contributed by atoms with E-state index in [4.69, 9.17) is 4.74 Å². The van der Waals surface area contributed by atoms with Crippen molar-refractivity contribution < 1.29 is 27.1 Å². The number of urea groups is 1. The number of anilines is 1. The van der Waals surface area contributed by atoms with Crippen LogP contribution in [0.5, 0.6) is 11.5 Å². The van der Waals surface area contributed by atoms with Gasteiger partial charge in [0, 0.05) is 24.7 Å². The summed E-state index contributed by atoms with van der Waals surface area (Å²) in [6.07, 6.45) is 5.63. The zero-order valence-corrected chi connectivity index (χ0v) is 19.1. The van der Waals surface area contributed by atoms with E-state index in [2.05, 4.69) is 5.32 Å². The van der Waals surface area contributed by atoms with Gasteiger partial charge in [-0.25, -0.2) is 22.4 Å². The summed E-state index contributed by atoms with van der Waals surface area (Å²) in [7, 11) is 0. The van der Waals surface area contributed by atoms with Crippen molar-refractivity contribution in [3.63, 3.8) is 0 Å². The number of amides is 2. The Morgan fingerprint density at radius 2 is 1.34 bits per heavy atom. The van der Waals surface area contributed by atoms with E-state index in [0.29, 0.717) is 23.6 Å². The Bertz CT molecular complexity index is 1120. The fraction of sp³-hybridized carbons (Fsp3) is 0.296. The predicted molar refractivity (Wildman–Crippen MR) is 125 cm³/mol. The summed E-state index contributed by atoms with van der Waals surface area (Å²) in [6.45, 7) is 0.220. The molecule has 35 heavy (non-hydrogen) atoms. The topological polar surface area (TPSA) is 41.6 Å². The quantitative estimate of drug-likeness (QED) is 0.285. The fourth-order valence-electron chi connectivity index (χ4n) is 4.27. The molecule has 3 aromatic rings. The third kappa shape index (κ3) is 6.53. The van der Waals surface area contributed by atoms with Gasteiger partial charge in [0.25, 0.3) is 0 Å². The molecule has 0 unspecified atom stereocenters. The van der Waals surface area contributed by atoms with Crippen LogP contribution in [0.25, 0.3) is 0 Å². The Labute approximate surface area is 201 Å². The first-order valence-corrected chi connectivity index (χ1v) is 11.6. The first kappa shape index (κ1) is 24.6. The van der Waals surface area contributed by atoms with Gasteiger partial charge >= 0.3 is 6.03 Å². The first-order chi connectivity index (χ1) is 16.9. The van der Waals surface area contributed by atoms with Crippen LogP contribution < -0.4 is 10.1 Å². The van der Waals surface area contributed by atoms with E-state index in [1.54, 1.807) is 29.2 Å². The zero-order chi connectivity index (χ0) is 24.8. The van der Waals surface area contributed by atoms with Crippen LogP contribution in [0.2, 0.25) is 0 Å². The van der Waals surface area contributed by atoms with E-state index in [0.717, 1.165) is 44.1 Å². The molecule has 184 valence electrons. The van der Waals surface area contributed by atoms with E-state index in [1.165, 1.54) is 24.3 Å². The van der Waals surface area contributed by atoms with Crippen LogP contribution in [0.1, 0.15) is 44.1 Å². The molecule has 1 N–H and O–H groups in total. The number of carbonyl (C=O) groups is 1. The molecule has 0 spiro atoms. The van der Waals surface area contributed by atoms with Crippen LogP contribution in [0.15, 0.2) is 60.7 Å². The van der Waals surface area contributed by atoms with Crippen molar-refractivity contribution in [3.05, 3.63) is 89.5 Å². The number of hydrogen-bond donors (Lipinski definition) is 1. The SMILES string of the molecule is O=C(Nc1c(F)cc(F)cc1F)N(Cc1ccc(Oc2ccc(F)cc2)cc1)C1CCCCCC1. The Morgan fingerprint density at radius 3 is 1.91 bits per heavy atom. The van der Waals surface area contributed by atoms with E-state index in [1.807, 2.05) is 0 Å². The van der Waals surface area contributed by atoms with Gasteiger partial charge in [-0.3, -0.25) is 0 Å². The minimum absolute atomic E-state index is 0.0980. The zero-order valence-electron chi connectivity index (χ0n) is 19.1. The standard InChI is InChI=1S/C27H26F4N2O2/c28-19-9-13-23(14-10-19)35-22-11-7-18(8-12-22)17-33(21-5-3-1-2-4-6-21)27(34)32-26-24(30)15-20(29)16-25(26)31/h7-16,21H,1-6,17H2,(H,32,34). The second-order valence-corrected chi connectivity index (χ2v) is 8.65. The summed E-state index contributed by atoms with van der Waals surface area (Å²) in [5.74, 6) is -2.72. The third-order valence-electron chi connectivity index (χ3n) is 6.09. The molecule has 4 nitrogen and oxygen atoms in total. The van der Waals surface area contributed by atoms with Gasteiger partial charge in [-0.15, -0.1) is 0 Å². The van der Waals surface area contributed by atoms with Crippen LogP contribution in [-0.4, -0.2) is 17.0 Å². The lowest BCUT2D eigenvalue weighted by Crippen LogP contribution is -2.42. The highest BCUT2D eigenvalue weighted by atomic mass is 19.1. The van der Waals surface area contributed by atoms with Gasteiger partial charge in [0.2, 0.25) is 0 Å². The first-order valence-electron chi connectivity index (χ1n) is 11.6. The van der Waals surface area contributed by atoms with Crippen LogP contribution in [-0.2, 0) is 6.54 Å². The molecule has 1 saturated carbocycles. The lowest BCUT2D eigenvalue weighted by Gasteiger charge is -2.31. The average molecular weight is 487 g/mol. The molecule has 1 aliphatic carbocycles. The lowest BCUT2D eigenvalue weighted by atomic mass is 10.1. The lowest BCUT2D eigenvalue weighted by molar-refractivity contribution is 0.175. The molecule has 0 aliphatic heterocycles. The molecule has 4 rings (SSSR count). The monoisotopic (exact) mass is 486 g/mol. The van der Waals surface area contributed by atoms with E-state index in [9.17, 15) is 22.4 Å². The van der Waals surface area contributed by atoms with Crippen LogP contribution in [0.3, 0.4) is 0 Å². The van der Waals surface area contributed by atoms with Gasteiger partial charge in [0.05, 0.1) is 0 Å². The van der Waals surface area contributed by atoms with Crippen molar-refractivity contribution >= 4 is 11.7 Å². The minimum Gasteiger partial charge on any atom is -0.457 e. The fourth-order valence-corrected chi connectivity index (χ4v) is 4.27. The van der Waals surface area contributed by atoms with Crippen molar-refractivity contribution in [3.8, 4) is 11.5 Å². The summed E-state index contributed by atoms with van der Waals surface area (Å²) in [5.41, 5.74) is 0.133. The maximum atomic E-state index is 14.2. The normalized spacial score (nSPS) is 14.3. The van der Waals surface area contributed by atoms with Crippen molar-refractivity contribution in [2.45, 2.75) is 51.1 Å². The summed E-state index contributed by atoms with van der Waals surface area (Å²) in [5, 5.41) is 2.31. The molecule has 2 amide bonds. The van der Waals surface area contributed by atoms with Crippen molar-refractivity contribution in [1.29, 1.82) is 0 Å². The molecular weight excluding hydrogens is 460 g/mol. The molecule has 8 heteroatoms. The number of rotatable bonds is 6. The van der Waals surface area contributed by atoms with Gasteiger partial charge in [0.15, 0.2) is 11.6 Å². The summed E-state index contributed by atoms with van der Waals surface area (Å²) < 4.78 is 60.4. The maximum absolute atomic E-state index is 14.2. The molecule has 3 aromatic carbocycles. The second-order valence-electron chi connectivity index (χ2n) is 8.65. The second kappa shape index (κ2) is 11.3. The van der Waals surface area contributed by atoms with Gasteiger partial charge in [-0.05, 0) is 54.8 Å². The Morgan fingerprint density at radius 1 is 0.800 bits per heavy atom. The minimum atomic E-state index is -1.17. The molecule has 0 saturated heterocycles. The van der Waals surface area contributed by atoms with Crippen molar-refractivity contribution in [2.24, 2.45) is 0 Å². The summed E-state index contributed by atoms with van der Waals surface area (Å²) >= 11 is 0. The highest BCUT2D eigenvalue weighted by Crippen LogP contribution is 2.27. The molecule has 0 atom stereocenters. The summed E-state index contributed by atoms with van der Waals surface area (Å²) in [4.78, 5) is 14.8. The van der Waals surface area contributed by atoms with Crippen LogP contribution in [0, 0.1) is 23.3 Å². The van der Waals surface area contributed by atoms with Gasteiger partial charge in [0.1, 0.15) is 28.8 Å². The number of benzene rings is 3. The molecule has 0 heterocycles. The van der Waals surface area contributed by atoms with E-state index < -0.39 is 29.2 Å². The molecule has 0 bridgehead atoms. The Hall–Kier alpha value is -3.55. The predicted octanol–water partition coefficient (Wildman–Crippen LogP) is 7.79. The Balaban J connectivity index is 1.51. The molecular formula is C27H26F4N2O2. The van der Waals surface area contributed by atoms with Gasteiger partial charge in [-0.1, -0.05) is 37.8 Å². The van der Waals surface area contributed by atoms with Gasteiger partial charge < -0.3 is 15.0 Å². The van der Waals surface area contributed by atoms with E-state index in [-0.39, 0.29) is 18.4 Å². The molecule has 1 fully saturated rings. The number of hydrogen-bond acceptors (Lipinski definition) is 2. The average Bonchev–Trinajstić information content (AvgIpc) is 3.11. The molecule has 0 radical (unpaired) electrons. The largest absolute Gasteiger partial charge is 0.457 e. The number of carbonyl (C=O) groups excluding carboxylic acids is 1. The highest BCUT2D eigenvalue weighted by Gasteiger charge is 2.26. The van der Waals surface area contributed by atoms with Crippen molar-refractivity contribution in [1.82, 2.24) is 4.90 Å². The van der Waals surface area contributed by atoms with Crippen LogP contribution >= 0.6 is 0 Å². The number of nitrogens with zero attached hydrogens (tertiary/aromatic N) is 1. The Kier molecular flexibility index (Phi) is 7.90. The number of ether oxygens (including phenoxy) is 1. The number of nitrogens with one attached hydrogen (secondary N) is 1. The number of halogens is 4. The smallest absolute Gasteiger partial charge is 0.322 e. The molecule has 0 aromatic heterocycles. The summed E-state index contributed by atoms with van der Waals surface area (Å²) in [6, 6.07) is 13.1. The third-order valence-corrected chi connectivity index (χ3v) is 6.09. The highest BCUT2D eigenvalue weighted by molar-refractivity contribution is 5.89. The van der Waals surface area contributed by atoms with Gasteiger partial charge in [-0.2, -0.15) is 0 Å². The van der Waals surface area contributed by atoms with Crippen molar-refractivity contribution in [2.75, 3.05) is 5.32 Å². The van der Waals surface area contributed by atoms with E-state index >= 15 is 0 Å².